The molecule has 1 atom stereocenters. The zero-order chi connectivity index (χ0) is 21.5. The van der Waals surface area contributed by atoms with Crippen LogP contribution in [-0.4, -0.2) is 36.3 Å². The highest BCUT2D eigenvalue weighted by Gasteiger charge is 2.33. The third-order valence-electron chi connectivity index (χ3n) is 5.44. The number of piperidine rings is 1. The standard InChI is InChI=1S/C21H23N3O5S/c1-14-5-3-7-16(11-14)22-20(25)15-6-4-10-24(13-15)30(27,28)17-8-9-18-19(12-17)29-21(26)23(18)2/h3,5,7-9,11-12,15H,4,6,10,13H2,1-2H3,(H,22,25)/t15-/m1/s1. The van der Waals surface area contributed by atoms with Gasteiger partial charge >= 0.3 is 5.76 Å². The average molecular weight is 429 g/mol. The van der Waals surface area contributed by atoms with Gasteiger partial charge in [-0.05, 0) is 49.6 Å². The quantitative estimate of drug-likeness (QED) is 0.687. The van der Waals surface area contributed by atoms with Crippen LogP contribution < -0.4 is 11.1 Å². The molecule has 0 radical (unpaired) electrons. The molecule has 0 spiro atoms. The Balaban J connectivity index is 1.54. The second-order valence-electron chi connectivity index (χ2n) is 7.62. The van der Waals surface area contributed by atoms with Gasteiger partial charge in [0.15, 0.2) is 5.58 Å². The summed E-state index contributed by atoms with van der Waals surface area (Å²) >= 11 is 0. The summed E-state index contributed by atoms with van der Waals surface area (Å²) in [5.74, 6) is -1.18. The minimum Gasteiger partial charge on any atom is -0.408 e. The summed E-state index contributed by atoms with van der Waals surface area (Å²) in [7, 11) is -2.26. The molecule has 2 aromatic carbocycles. The Labute approximate surface area is 174 Å². The van der Waals surface area contributed by atoms with E-state index in [0.717, 1.165) is 5.56 Å². The molecule has 1 N–H and O–H groups in total. The largest absolute Gasteiger partial charge is 0.419 e. The number of nitrogens with one attached hydrogen (secondary N) is 1. The van der Waals surface area contributed by atoms with Crippen molar-refractivity contribution in [1.29, 1.82) is 0 Å². The smallest absolute Gasteiger partial charge is 0.408 e. The SMILES string of the molecule is Cc1cccc(NC(=O)[C@@H]2CCCN(S(=O)(=O)c3ccc4c(c3)oc(=O)n4C)C2)c1. The molecule has 1 amide bonds. The highest BCUT2D eigenvalue weighted by atomic mass is 32.2. The van der Waals surface area contributed by atoms with E-state index in [4.69, 9.17) is 4.42 Å². The molecular formula is C21H23N3O5S. The van der Waals surface area contributed by atoms with Crippen molar-refractivity contribution in [2.24, 2.45) is 13.0 Å². The van der Waals surface area contributed by atoms with Crippen LogP contribution in [0.2, 0.25) is 0 Å². The normalized spacial score (nSPS) is 17.9. The second-order valence-corrected chi connectivity index (χ2v) is 9.56. The Bertz CT molecular complexity index is 1280. The number of fused-ring (bicyclic) bond motifs is 1. The molecule has 3 aromatic rings. The summed E-state index contributed by atoms with van der Waals surface area (Å²) < 4.78 is 34.1. The van der Waals surface area contributed by atoms with Crippen molar-refractivity contribution in [2.45, 2.75) is 24.7 Å². The molecule has 1 saturated heterocycles. The fourth-order valence-corrected chi connectivity index (χ4v) is 5.31. The van der Waals surface area contributed by atoms with Gasteiger partial charge in [-0.15, -0.1) is 0 Å². The van der Waals surface area contributed by atoms with E-state index >= 15 is 0 Å². The van der Waals surface area contributed by atoms with Gasteiger partial charge in [-0.2, -0.15) is 4.31 Å². The molecule has 158 valence electrons. The predicted octanol–water partition coefficient (Wildman–Crippen LogP) is 2.48. The highest BCUT2D eigenvalue weighted by molar-refractivity contribution is 7.89. The van der Waals surface area contributed by atoms with Crippen molar-refractivity contribution in [3.63, 3.8) is 0 Å². The van der Waals surface area contributed by atoms with Crippen molar-refractivity contribution < 1.29 is 17.6 Å². The molecule has 1 aromatic heterocycles. The van der Waals surface area contributed by atoms with E-state index in [9.17, 15) is 18.0 Å². The maximum Gasteiger partial charge on any atom is 0.419 e. The molecule has 4 rings (SSSR count). The number of benzene rings is 2. The first kappa shape index (κ1) is 20.4. The molecule has 2 heterocycles. The lowest BCUT2D eigenvalue weighted by atomic mass is 9.98. The van der Waals surface area contributed by atoms with E-state index < -0.39 is 21.7 Å². The first-order valence-electron chi connectivity index (χ1n) is 9.73. The first-order valence-corrected chi connectivity index (χ1v) is 11.2. The third kappa shape index (κ3) is 3.78. The number of sulfonamides is 1. The van der Waals surface area contributed by atoms with Gasteiger partial charge in [0.05, 0.1) is 16.3 Å². The Morgan fingerprint density at radius 1 is 1.20 bits per heavy atom. The molecule has 1 aliphatic heterocycles. The van der Waals surface area contributed by atoms with Crippen LogP contribution in [0.5, 0.6) is 0 Å². The minimum atomic E-state index is -3.82. The van der Waals surface area contributed by atoms with Crippen molar-refractivity contribution in [2.75, 3.05) is 18.4 Å². The van der Waals surface area contributed by atoms with Gasteiger partial charge in [0.25, 0.3) is 0 Å². The summed E-state index contributed by atoms with van der Waals surface area (Å²) in [6.07, 6.45) is 1.21. The Hall–Kier alpha value is -2.91. The van der Waals surface area contributed by atoms with Gasteiger partial charge in [-0.25, -0.2) is 13.2 Å². The van der Waals surface area contributed by atoms with Crippen molar-refractivity contribution >= 4 is 32.7 Å². The second kappa shape index (κ2) is 7.73. The van der Waals surface area contributed by atoms with Gasteiger partial charge < -0.3 is 9.73 Å². The van der Waals surface area contributed by atoms with Crippen LogP contribution >= 0.6 is 0 Å². The maximum absolute atomic E-state index is 13.2. The van der Waals surface area contributed by atoms with Gasteiger partial charge in [0.2, 0.25) is 15.9 Å². The molecule has 1 aliphatic rings. The lowest BCUT2D eigenvalue weighted by molar-refractivity contribution is -0.120. The minimum absolute atomic E-state index is 0.0455. The number of rotatable bonds is 4. The molecular weight excluding hydrogens is 406 g/mol. The monoisotopic (exact) mass is 429 g/mol. The Morgan fingerprint density at radius 3 is 2.77 bits per heavy atom. The van der Waals surface area contributed by atoms with E-state index in [1.54, 1.807) is 13.1 Å². The van der Waals surface area contributed by atoms with Crippen LogP contribution in [0.25, 0.3) is 11.1 Å². The number of anilines is 1. The number of carbonyl (C=O) groups is 1. The fraction of sp³-hybridized carbons (Fsp3) is 0.333. The van der Waals surface area contributed by atoms with Crippen molar-refractivity contribution in [3.8, 4) is 0 Å². The van der Waals surface area contributed by atoms with Crippen molar-refractivity contribution in [1.82, 2.24) is 8.87 Å². The molecule has 0 saturated carbocycles. The lowest BCUT2D eigenvalue weighted by Gasteiger charge is -2.31. The first-order chi connectivity index (χ1) is 14.3. The molecule has 0 aliphatic carbocycles. The molecule has 0 unspecified atom stereocenters. The van der Waals surface area contributed by atoms with E-state index in [1.807, 2.05) is 31.2 Å². The summed E-state index contributed by atoms with van der Waals surface area (Å²) in [4.78, 5) is 24.4. The summed E-state index contributed by atoms with van der Waals surface area (Å²) in [5, 5.41) is 2.88. The Morgan fingerprint density at radius 2 is 2.00 bits per heavy atom. The molecule has 8 nitrogen and oxygen atoms in total. The van der Waals surface area contributed by atoms with Crippen molar-refractivity contribution in [3.05, 3.63) is 58.6 Å². The molecule has 0 bridgehead atoms. The van der Waals surface area contributed by atoms with Gasteiger partial charge in [0.1, 0.15) is 0 Å². The van der Waals surface area contributed by atoms with E-state index in [2.05, 4.69) is 5.32 Å². The Kier molecular flexibility index (Phi) is 5.25. The number of aryl methyl sites for hydroxylation is 2. The predicted molar refractivity (Wildman–Crippen MR) is 113 cm³/mol. The van der Waals surface area contributed by atoms with Crippen LogP contribution in [0.3, 0.4) is 0 Å². The van der Waals surface area contributed by atoms with Gasteiger partial charge in [-0.1, -0.05) is 12.1 Å². The number of nitrogens with zero attached hydrogens (tertiary/aromatic N) is 2. The number of hydrogen-bond donors (Lipinski definition) is 1. The summed E-state index contributed by atoms with van der Waals surface area (Å²) in [6.45, 7) is 2.39. The lowest BCUT2D eigenvalue weighted by Crippen LogP contribution is -2.43. The number of carbonyl (C=O) groups excluding carboxylic acids is 1. The number of hydrogen-bond acceptors (Lipinski definition) is 5. The number of amides is 1. The van der Waals surface area contributed by atoms with E-state index in [1.165, 1.54) is 21.0 Å². The zero-order valence-electron chi connectivity index (χ0n) is 16.8. The van der Waals surface area contributed by atoms with Crippen LogP contribution in [0.1, 0.15) is 18.4 Å². The topological polar surface area (TPSA) is 102 Å². The molecule has 30 heavy (non-hydrogen) atoms. The van der Waals surface area contributed by atoms with Crippen LogP contribution in [-0.2, 0) is 21.9 Å². The van der Waals surface area contributed by atoms with E-state index in [-0.39, 0.29) is 22.9 Å². The van der Waals surface area contributed by atoms with Gasteiger partial charge in [0, 0.05) is 31.9 Å². The summed E-state index contributed by atoms with van der Waals surface area (Å²) in [5.41, 5.74) is 2.47. The molecule has 9 heteroatoms. The number of aromatic nitrogens is 1. The zero-order valence-corrected chi connectivity index (χ0v) is 17.6. The summed E-state index contributed by atoms with van der Waals surface area (Å²) in [6, 6.07) is 11.9. The van der Waals surface area contributed by atoms with Gasteiger partial charge in [-0.3, -0.25) is 9.36 Å². The average Bonchev–Trinajstić information content (AvgIpc) is 3.01. The van der Waals surface area contributed by atoms with E-state index in [0.29, 0.717) is 30.6 Å². The van der Waals surface area contributed by atoms with Crippen LogP contribution in [0.15, 0.2) is 56.6 Å². The maximum atomic E-state index is 13.2. The highest BCUT2D eigenvalue weighted by Crippen LogP contribution is 2.26. The molecule has 1 fully saturated rings. The van der Waals surface area contributed by atoms with Crippen LogP contribution in [0, 0.1) is 12.8 Å². The van der Waals surface area contributed by atoms with Crippen LogP contribution in [0.4, 0.5) is 5.69 Å². The third-order valence-corrected chi connectivity index (χ3v) is 7.30. The fourth-order valence-electron chi connectivity index (χ4n) is 3.77. The number of oxazole rings is 1.